The van der Waals surface area contributed by atoms with E-state index < -0.39 is 39.6 Å². The summed E-state index contributed by atoms with van der Waals surface area (Å²) in [6.07, 6.45) is 1.39. The molecule has 0 saturated carbocycles. The molecule has 2 aliphatic rings. The molecule has 2 aliphatic heterocycles. The van der Waals surface area contributed by atoms with Gasteiger partial charge in [-0.2, -0.15) is 0 Å². The fourth-order valence-electron chi connectivity index (χ4n) is 2.79. The molecular formula is C16H16Cl3N5O5S2. The van der Waals surface area contributed by atoms with Crippen LogP contribution in [0.4, 0.5) is 5.13 Å². The van der Waals surface area contributed by atoms with Crippen LogP contribution in [0.5, 0.6) is 0 Å². The monoisotopic (exact) mass is 527 g/mol. The van der Waals surface area contributed by atoms with Crippen LogP contribution in [0, 0.1) is 0 Å². The lowest BCUT2D eigenvalue weighted by Crippen LogP contribution is -2.69. The number of oxime groups is 1. The molecule has 0 aliphatic carbocycles. The molecule has 1 aromatic rings. The van der Waals surface area contributed by atoms with Crippen LogP contribution in [0.2, 0.25) is 0 Å². The molecule has 31 heavy (non-hydrogen) atoms. The summed E-state index contributed by atoms with van der Waals surface area (Å²) in [5, 5.41) is 7.39. The van der Waals surface area contributed by atoms with E-state index in [4.69, 9.17) is 50.1 Å². The number of nitrogen functional groups attached to an aromatic ring is 1. The zero-order chi connectivity index (χ0) is 22.9. The summed E-state index contributed by atoms with van der Waals surface area (Å²) in [7, 11) is 1.28. The van der Waals surface area contributed by atoms with Crippen molar-refractivity contribution in [1.82, 2.24) is 15.2 Å². The molecule has 1 aromatic heterocycles. The average molecular weight is 529 g/mol. The van der Waals surface area contributed by atoms with Gasteiger partial charge in [0.25, 0.3) is 11.8 Å². The lowest BCUT2D eigenvalue weighted by atomic mass is 10.1. The lowest BCUT2D eigenvalue weighted by molar-refractivity contribution is -0.144. The van der Waals surface area contributed by atoms with Gasteiger partial charge >= 0.3 is 5.97 Å². The summed E-state index contributed by atoms with van der Waals surface area (Å²) < 4.78 is 3.25. The van der Waals surface area contributed by atoms with Gasteiger partial charge < -0.3 is 25.5 Å². The Labute approximate surface area is 200 Å². The maximum absolute atomic E-state index is 12.7. The first-order chi connectivity index (χ1) is 14.5. The molecule has 1 saturated heterocycles. The van der Waals surface area contributed by atoms with Gasteiger partial charge in [-0.3, -0.25) is 9.59 Å². The second kappa shape index (κ2) is 9.41. The number of nitrogens with two attached hydrogens (primary N) is 1. The standard InChI is InChI=1S/C16H16Cl3N5O5S2/c1-6-7(14(27)29-5-16(17,18)19)3-24-12(26)10(13(24)31-6)22-11(25)9(23-28-2)8-4-30-15(20)21-8/h3-4,6,10,13H,5H2,1-2H3,(H2,20,21)(H,22,25)/t6?,10?,13-/m1/s1. The number of aromatic nitrogens is 1. The van der Waals surface area contributed by atoms with E-state index >= 15 is 0 Å². The van der Waals surface area contributed by atoms with Gasteiger partial charge in [-0.25, -0.2) is 9.78 Å². The van der Waals surface area contributed by atoms with Gasteiger partial charge in [-0.15, -0.1) is 23.1 Å². The summed E-state index contributed by atoms with van der Waals surface area (Å²) in [6, 6.07) is -0.826. The number of hydrogen-bond acceptors (Lipinski definition) is 10. The van der Waals surface area contributed by atoms with E-state index in [1.165, 1.54) is 30.0 Å². The van der Waals surface area contributed by atoms with Crippen LogP contribution in [0.25, 0.3) is 0 Å². The maximum Gasteiger partial charge on any atom is 0.336 e. The van der Waals surface area contributed by atoms with E-state index in [1.54, 1.807) is 12.3 Å². The van der Waals surface area contributed by atoms with Crippen molar-refractivity contribution in [3.8, 4) is 0 Å². The van der Waals surface area contributed by atoms with E-state index in [2.05, 4.69) is 15.5 Å². The smallest absolute Gasteiger partial charge is 0.336 e. The normalized spacial score (nSPS) is 23.5. The predicted octanol–water partition coefficient (Wildman–Crippen LogP) is 1.66. The van der Waals surface area contributed by atoms with Crippen molar-refractivity contribution in [1.29, 1.82) is 0 Å². The third-order valence-corrected chi connectivity index (χ3v) is 6.63. The number of ether oxygens (including phenoxy) is 1. The van der Waals surface area contributed by atoms with E-state index in [0.717, 1.165) is 11.3 Å². The molecule has 15 heteroatoms. The van der Waals surface area contributed by atoms with Crippen LogP contribution in [0.3, 0.4) is 0 Å². The van der Waals surface area contributed by atoms with Crippen molar-refractivity contribution in [3.05, 3.63) is 22.8 Å². The number of nitrogens with zero attached hydrogens (tertiary/aromatic N) is 3. The third kappa shape index (κ3) is 5.37. The number of fused-ring (bicyclic) bond motifs is 1. The Morgan fingerprint density at radius 1 is 1.42 bits per heavy atom. The topological polar surface area (TPSA) is 136 Å². The zero-order valence-corrected chi connectivity index (χ0v) is 19.9. The van der Waals surface area contributed by atoms with E-state index in [1.807, 2.05) is 0 Å². The van der Waals surface area contributed by atoms with E-state index in [-0.39, 0.29) is 27.4 Å². The minimum absolute atomic E-state index is 0.109. The van der Waals surface area contributed by atoms with Crippen molar-refractivity contribution in [2.75, 3.05) is 19.5 Å². The number of halogens is 3. The Morgan fingerprint density at radius 2 is 2.13 bits per heavy atom. The van der Waals surface area contributed by atoms with Crippen LogP contribution >= 0.6 is 57.9 Å². The largest absolute Gasteiger partial charge is 0.458 e. The summed E-state index contributed by atoms with van der Waals surface area (Å²) >= 11 is 19.2. The molecule has 0 spiro atoms. The van der Waals surface area contributed by atoms with Crippen LogP contribution in [-0.2, 0) is 24.0 Å². The number of amides is 2. The molecular weight excluding hydrogens is 513 g/mol. The number of anilines is 1. The first-order valence-electron chi connectivity index (χ1n) is 8.58. The summed E-state index contributed by atoms with van der Waals surface area (Å²) in [5.41, 5.74) is 5.97. The number of esters is 1. The van der Waals surface area contributed by atoms with Gasteiger partial charge in [-0.1, -0.05) is 40.0 Å². The third-order valence-electron chi connectivity index (χ3n) is 4.19. The lowest BCUT2D eigenvalue weighted by Gasteiger charge is -2.48. The molecule has 3 N–H and O–H groups in total. The second-order valence-corrected chi connectivity index (χ2v) is 11.2. The fourth-order valence-corrected chi connectivity index (χ4v) is 4.86. The van der Waals surface area contributed by atoms with Gasteiger partial charge in [0.05, 0.1) is 5.57 Å². The highest BCUT2D eigenvalue weighted by atomic mass is 35.6. The van der Waals surface area contributed by atoms with Crippen molar-refractivity contribution in [3.63, 3.8) is 0 Å². The Kier molecular flexibility index (Phi) is 7.26. The summed E-state index contributed by atoms with van der Waals surface area (Å²) in [6.45, 7) is 1.34. The minimum atomic E-state index is -1.74. The molecule has 3 atom stereocenters. The van der Waals surface area contributed by atoms with Crippen LogP contribution < -0.4 is 11.1 Å². The van der Waals surface area contributed by atoms with Crippen molar-refractivity contribution in [2.24, 2.45) is 5.16 Å². The fraction of sp³-hybridized carbons (Fsp3) is 0.438. The highest BCUT2D eigenvalue weighted by Gasteiger charge is 2.52. The highest BCUT2D eigenvalue weighted by molar-refractivity contribution is 8.00. The number of thiazole rings is 1. The zero-order valence-electron chi connectivity index (χ0n) is 16.0. The van der Waals surface area contributed by atoms with Crippen LogP contribution in [0.15, 0.2) is 22.3 Å². The first kappa shape index (κ1) is 23.9. The molecule has 10 nitrogen and oxygen atoms in total. The highest BCUT2D eigenvalue weighted by Crippen LogP contribution is 2.41. The molecule has 0 bridgehead atoms. The SMILES string of the molecule is CON=C(C(=O)NC1C(=O)N2C=C(C(=O)OCC(Cl)(Cl)Cl)C(C)S[C@H]12)c1csc(N)n1. The number of hydrogen-bond donors (Lipinski definition) is 2. The average Bonchev–Trinajstić information content (AvgIpc) is 3.13. The van der Waals surface area contributed by atoms with Gasteiger partial charge in [0.1, 0.15) is 30.8 Å². The number of carbonyl (C=O) groups excluding carboxylic acids is 3. The van der Waals surface area contributed by atoms with Crippen LogP contribution in [0.1, 0.15) is 12.6 Å². The van der Waals surface area contributed by atoms with Gasteiger partial charge in [0.2, 0.25) is 3.79 Å². The molecule has 1 fully saturated rings. The Balaban J connectivity index is 1.69. The number of β-lactam (4-membered cyclic amide) rings is 1. The number of alkyl halides is 3. The summed E-state index contributed by atoms with van der Waals surface area (Å²) in [5.74, 6) is -1.74. The van der Waals surface area contributed by atoms with E-state index in [0.29, 0.717) is 0 Å². The van der Waals surface area contributed by atoms with Gasteiger partial charge in [0, 0.05) is 16.8 Å². The molecule has 3 rings (SSSR count). The Morgan fingerprint density at radius 3 is 2.71 bits per heavy atom. The molecule has 0 aromatic carbocycles. The quantitative estimate of drug-likeness (QED) is 0.187. The molecule has 3 heterocycles. The Bertz CT molecular complexity index is 964. The number of nitrogens with one attached hydrogen (secondary N) is 1. The van der Waals surface area contributed by atoms with Crippen molar-refractivity contribution < 1.29 is 24.0 Å². The number of rotatable bonds is 6. The predicted molar refractivity (Wildman–Crippen MR) is 119 cm³/mol. The van der Waals surface area contributed by atoms with Gasteiger partial charge in [0.15, 0.2) is 10.8 Å². The summed E-state index contributed by atoms with van der Waals surface area (Å²) in [4.78, 5) is 47.6. The molecule has 0 radical (unpaired) electrons. The van der Waals surface area contributed by atoms with Crippen molar-refractivity contribution >= 4 is 86.5 Å². The number of thioether (sulfide) groups is 1. The van der Waals surface area contributed by atoms with Crippen molar-refractivity contribution in [2.45, 2.75) is 27.4 Å². The minimum Gasteiger partial charge on any atom is -0.458 e. The Hall–Kier alpha value is -1.73. The molecule has 2 amide bonds. The molecule has 2 unspecified atom stereocenters. The van der Waals surface area contributed by atoms with E-state index in [9.17, 15) is 14.4 Å². The van der Waals surface area contributed by atoms with Crippen LogP contribution in [-0.4, -0.2) is 67.6 Å². The van der Waals surface area contributed by atoms with Gasteiger partial charge in [-0.05, 0) is 6.92 Å². The number of carbonyl (C=O) groups is 3. The first-order valence-corrected chi connectivity index (χ1v) is 11.5. The second-order valence-electron chi connectivity index (χ2n) is 6.33. The maximum atomic E-state index is 12.7. The molecule has 168 valence electrons.